The van der Waals surface area contributed by atoms with Gasteiger partial charge in [-0.2, -0.15) is 15.1 Å². The molecule has 2 fully saturated rings. The number of piperidine rings is 1. The molecule has 2 saturated heterocycles. The van der Waals surface area contributed by atoms with Crippen molar-refractivity contribution in [1.82, 2.24) is 30.0 Å². The van der Waals surface area contributed by atoms with Crippen LogP contribution in [-0.2, 0) is 0 Å². The van der Waals surface area contributed by atoms with E-state index in [1.165, 1.54) is 0 Å². The minimum atomic E-state index is -0.890. The van der Waals surface area contributed by atoms with Crippen LogP contribution in [-0.4, -0.2) is 84.2 Å². The van der Waals surface area contributed by atoms with Gasteiger partial charge in [-0.25, -0.2) is 9.07 Å². The number of nitrogens with zero attached hydrogens (tertiary/aromatic N) is 6. The van der Waals surface area contributed by atoms with Gasteiger partial charge in [0, 0.05) is 50.1 Å². The first-order valence-corrected chi connectivity index (χ1v) is 11.2. The fourth-order valence-electron chi connectivity index (χ4n) is 4.76. The first-order chi connectivity index (χ1) is 15.5. The topological polar surface area (TPSA) is 71.3 Å². The number of alkyl halides is 1. The van der Waals surface area contributed by atoms with Crippen molar-refractivity contribution in [2.75, 3.05) is 58.3 Å². The number of rotatable bonds is 4. The highest BCUT2D eigenvalue weighted by Gasteiger charge is 2.28. The number of benzene rings is 1. The first kappa shape index (κ1) is 21.1. The second-order valence-corrected chi connectivity index (χ2v) is 8.80. The molecular weight excluding hydrogens is 409 g/mol. The van der Waals surface area contributed by atoms with Crippen molar-refractivity contribution in [2.24, 2.45) is 0 Å². The number of aryl methyl sites for hydroxylation is 1. The summed E-state index contributed by atoms with van der Waals surface area (Å²) < 4.78 is 21.9. The van der Waals surface area contributed by atoms with Crippen LogP contribution in [0.15, 0.2) is 24.4 Å². The second kappa shape index (κ2) is 8.63. The van der Waals surface area contributed by atoms with Gasteiger partial charge >= 0.3 is 6.01 Å². The zero-order valence-corrected chi connectivity index (χ0v) is 18.9. The molecule has 0 radical (unpaired) electrons. The Morgan fingerprint density at radius 1 is 1.09 bits per heavy atom. The highest BCUT2D eigenvalue weighted by atomic mass is 19.1. The van der Waals surface area contributed by atoms with E-state index in [1.807, 2.05) is 16.9 Å². The van der Waals surface area contributed by atoms with E-state index in [1.54, 1.807) is 7.11 Å². The number of halogens is 1. The maximum absolute atomic E-state index is 14.7. The van der Waals surface area contributed by atoms with Gasteiger partial charge in [-0.1, -0.05) is 0 Å². The number of likely N-dealkylation sites (N-methyl/N-ethyl adjacent to an activating group) is 1. The normalized spacial score (nSPS) is 22.4. The lowest BCUT2D eigenvalue weighted by Gasteiger charge is -2.33. The molecule has 3 aromatic rings. The molecule has 0 aliphatic carbocycles. The van der Waals surface area contributed by atoms with Gasteiger partial charge in [0.05, 0.1) is 18.8 Å². The lowest BCUT2D eigenvalue weighted by atomic mass is 9.85. The van der Waals surface area contributed by atoms with E-state index in [0.29, 0.717) is 18.4 Å². The molecule has 2 aromatic heterocycles. The van der Waals surface area contributed by atoms with E-state index in [-0.39, 0.29) is 5.92 Å². The molecule has 1 aromatic carbocycles. The van der Waals surface area contributed by atoms with Gasteiger partial charge < -0.3 is 19.9 Å². The summed E-state index contributed by atoms with van der Waals surface area (Å²) >= 11 is 0. The van der Waals surface area contributed by atoms with Gasteiger partial charge in [0.1, 0.15) is 12.0 Å². The molecule has 9 heteroatoms. The molecular formula is C23H30FN7O. The van der Waals surface area contributed by atoms with Crippen LogP contribution in [0.2, 0.25) is 0 Å². The van der Waals surface area contributed by atoms with Gasteiger partial charge in [-0.15, -0.1) is 0 Å². The number of methoxy groups -OCH3 is 1. The molecule has 2 aliphatic heterocycles. The molecule has 4 heterocycles. The van der Waals surface area contributed by atoms with E-state index in [4.69, 9.17) is 4.74 Å². The standard InChI is InChI=1S/C23H30FN7O/c1-15-10-16-13-26-31(20(16)11-18(15)17-4-5-25-14-19(17)24)22-12-21(27-23(28-22)32-3)30-8-6-29(2)7-9-30/h10-13,17,19,25H,4-9,14H2,1-3H3. The van der Waals surface area contributed by atoms with Crippen molar-refractivity contribution < 1.29 is 9.13 Å². The molecule has 0 bridgehead atoms. The maximum atomic E-state index is 14.7. The monoisotopic (exact) mass is 439 g/mol. The van der Waals surface area contributed by atoms with E-state index < -0.39 is 6.17 Å². The van der Waals surface area contributed by atoms with Crippen LogP contribution in [0.3, 0.4) is 0 Å². The third-order valence-corrected chi connectivity index (χ3v) is 6.67. The number of aromatic nitrogens is 4. The van der Waals surface area contributed by atoms with Crippen LogP contribution in [0.1, 0.15) is 23.5 Å². The van der Waals surface area contributed by atoms with E-state index in [0.717, 1.165) is 67.0 Å². The Kier molecular flexibility index (Phi) is 5.69. The zero-order valence-electron chi connectivity index (χ0n) is 18.9. The number of ether oxygens (including phenoxy) is 1. The third kappa shape index (κ3) is 3.91. The number of nitrogens with one attached hydrogen (secondary N) is 1. The first-order valence-electron chi connectivity index (χ1n) is 11.2. The van der Waals surface area contributed by atoms with Gasteiger partial charge in [-0.05, 0) is 50.2 Å². The summed E-state index contributed by atoms with van der Waals surface area (Å²) in [6.45, 7) is 7.05. The van der Waals surface area contributed by atoms with Crippen LogP contribution in [0.25, 0.3) is 16.7 Å². The fourth-order valence-corrected chi connectivity index (χ4v) is 4.76. The summed E-state index contributed by atoms with van der Waals surface area (Å²) in [4.78, 5) is 13.7. The lowest BCUT2D eigenvalue weighted by molar-refractivity contribution is 0.231. The van der Waals surface area contributed by atoms with Gasteiger partial charge in [0.2, 0.25) is 0 Å². The Balaban J connectivity index is 1.57. The molecule has 0 saturated carbocycles. The minimum absolute atomic E-state index is 0.107. The van der Waals surface area contributed by atoms with Crippen LogP contribution >= 0.6 is 0 Å². The predicted octanol–water partition coefficient (Wildman–Crippen LogP) is 2.30. The third-order valence-electron chi connectivity index (χ3n) is 6.67. The molecule has 2 unspecified atom stereocenters. The van der Waals surface area contributed by atoms with Crippen LogP contribution in [0, 0.1) is 6.92 Å². The van der Waals surface area contributed by atoms with Crippen molar-refractivity contribution in [2.45, 2.75) is 25.4 Å². The van der Waals surface area contributed by atoms with Crippen LogP contribution in [0.4, 0.5) is 10.2 Å². The summed E-state index contributed by atoms with van der Waals surface area (Å²) in [5.41, 5.74) is 3.07. The molecule has 2 aliphatic rings. The van der Waals surface area contributed by atoms with E-state index in [9.17, 15) is 4.39 Å². The highest BCUT2D eigenvalue weighted by molar-refractivity contribution is 5.82. The van der Waals surface area contributed by atoms with Gasteiger partial charge in [0.25, 0.3) is 0 Å². The Morgan fingerprint density at radius 3 is 2.62 bits per heavy atom. The molecule has 2 atom stereocenters. The number of fused-ring (bicyclic) bond motifs is 1. The highest BCUT2D eigenvalue weighted by Crippen LogP contribution is 2.33. The maximum Gasteiger partial charge on any atom is 0.320 e. The Bertz CT molecular complexity index is 1110. The van der Waals surface area contributed by atoms with E-state index >= 15 is 0 Å². The summed E-state index contributed by atoms with van der Waals surface area (Å²) in [6.07, 6.45) is 1.74. The Labute approximate surface area is 187 Å². The van der Waals surface area contributed by atoms with Crippen LogP contribution < -0.4 is 15.0 Å². The molecule has 0 amide bonds. The number of hydrogen-bond acceptors (Lipinski definition) is 7. The molecule has 1 N–H and O–H groups in total. The van der Waals surface area contributed by atoms with Crippen LogP contribution in [0.5, 0.6) is 6.01 Å². The van der Waals surface area contributed by atoms with Gasteiger partial charge in [-0.3, -0.25) is 0 Å². The molecule has 5 rings (SSSR count). The molecule has 0 spiro atoms. The van der Waals surface area contributed by atoms with E-state index in [2.05, 4.69) is 56.3 Å². The molecule has 170 valence electrons. The van der Waals surface area contributed by atoms with Crippen molar-refractivity contribution in [3.63, 3.8) is 0 Å². The number of piperazine rings is 1. The average molecular weight is 440 g/mol. The fraction of sp³-hybridized carbons (Fsp3) is 0.522. The Hall–Kier alpha value is -2.78. The summed E-state index contributed by atoms with van der Waals surface area (Å²) in [7, 11) is 3.71. The van der Waals surface area contributed by atoms with Crippen molar-refractivity contribution >= 4 is 16.7 Å². The number of hydrogen-bond donors (Lipinski definition) is 1. The SMILES string of the molecule is COc1nc(N2CCN(C)CC2)cc(-n2ncc3cc(C)c(C4CCNCC4F)cc32)n1. The average Bonchev–Trinajstić information content (AvgIpc) is 3.22. The predicted molar refractivity (Wildman–Crippen MR) is 123 cm³/mol. The van der Waals surface area contributed by atoms with Crippen molar-refractivity contribution in [1.29, 1.82) is 0 Å². The largest absolute Gasteiger partial charge is 0.467 e. The summed E-state index contributed by atoms with van der Waals surface area (Å²) in [5.74, 6) is 1.38. The van der Waals surface area contributed by atoms with Gasteiger partial charge in [0.15, 0.2) is 5.82 Å². The van der Waals surface area contributed by atoms with Crippen molar-refractivity contribution in [3.05, 3.63) is 35.5 Å². The minimum Gasteiger partial charge on any atom is -0.467 e. The number of anilines is 1. The molecule has 8 nitrogen and oxygen atoms in total. The quantitative estimate of drug-likeness (QED) is 0.669. The molecule has 32 heavy (non-hydrogen) atoms. The summed E-state index contributed by atoms with van der Waals surface area (Å²) in [6, 6.07) is 6.46. The summed E-state index contributed by atoms with van der Waals surface area (Å²) in [5, 5.41) is 8.78. The smallest absolute Gasteiger partial charge is 0.320 e. The Morgan fingerprint density at radius 2 is 1.88 bits per heavy atom. The van der Waals surface area contributed by atoms with Crippen molar-refractivity contribution in [3.8, 4) is 11.8 Å². The lowest BCUT2D eigenvalue weighted by Crippen LogP contribution is -2.44. The second-order valence-electron chi connectivity index (χ2n) is 8.80. The zero-order chi connectivity index (χ0) is 22.2.